The molecule has 0 saturated carbocycles. The second-order valence-electron chi connectivity index (χ2n) is 2.97. The van der Waals surface area contributed by atoms with Crippen LogP contribution in [-0.2, 0) is 0 Å². The first kappa shape index (κ1) is 10.6. The second-order valence-corrected chi connectivity index (χ2v) is 2.97. The van der Waals surface area contributed by atoms with Crippen LogP contribution in [0.15, 0.2) is 6.33 Å². The van der Waals surface area contributed by atoms with Crippen LogP contribution in [0.3, 0.4) is 0 Å². The van der Waals surface area contributed by atoms with Crippen molar-refractivity contribution in [1.29, 1.82) is 0 Å². The van der Waals surface area contributed by atoms with Gasteiger partial charge in [0.25, 0.3) is 5.95 Å². The molecular formula is C6H12N10. The Hall–Kier alpha value is -1.94. The summed E-state index contributed by atoms with van der Waals surface area (Å²) in [5.74, 6) is 0.324. The van der Waals surface area contributed by atoms with E-state index in [9.17, 15) is 0 Å². The van der Waals surface area contributed by atoms with E-state index >= 15 is 0 Å². The molecule has 1 fully saturated rings. The highest BCUT2D eigenvalue weighted by molar-refractivity contribution is 4.97. The maximum Gasteiger partial charge on any atom is 0.293 e. The van der Waals surface area contributed by atoms with Gasteiger partial charge in [-0.3, -0.25) is 0 Å². The first-order valence-electron chi connectivity index (χ1n) is 4.85. The highest BCUT2D eigenvalue weighted by Crippen LogP contribution is 1.87. The Labute approximate surface area is 90.8 Å². The fraction of sp³-hybridized carbons (Fsp3) is 0.667. The van der Waals surface area contributed by atoms with Crippen LogP contribution in [0.1, 0.15) is 0 Å². The van der Waals surface area contributed by atoms with Gasteiger partial charge in [-0.05, 0) is 15.6 Å². The van der Waals surface area contributed by atoms with E-state index in [1.165, 1.54) is 11.0 Å². The summed E-state index contributed by atoms with van der Waals surface area (Å²) in [6, 6.07) is 0. The van der Waals surface area contributed by atoms with Gasteiger partial charge in [0, 0.05) is 26.2 Å². The van der Waals surface area contributed by atoms with Crippen LogP contribution < -0.4 is 10.6 Å². The van der Waals surface area contributed by atoms with E-state index in [4.69, 9.17) is 0 Å². The molecule has 16 heavy (non-hydrogen) atoms. The van der Waals surface area contributed by atoms with Crippen molar-refractivity contribution < 1.29 is 0 Å². The number of aromatic amines is 1. The molecule has 3 N–H and O–H groups in total. The first-order valence-corrected chi connectivity index (χ1v) is 4.85. The van der Waals surface area contributed by atoms with Gasteiger partial charge in [0.05, 0.1) is 0 Å². The van der Waals surface area contributed by atoms with Gasteiger partial charge in [0.2, 0.25) is 0 Å². The fourth-order valence-electron chi connectivity index (χ4n) is 1.11. The Bertz CT molecular complexity index is 318. The summed E-state index contributed by atoms with van der Waals surface area (Å²) in [6.45, 7) is 4.56. The molecule has 2 aromatic rings. The molecule has 0 spiro atoms. The van der Waals surface area contributed by atoms with Crippen LogP contribution in [0.2, 0.25) is 0 Å². The lowest BCUT2D eigenvalue weighted by Gasteiger charge is -2.11. The third-order valence-electron chi connectivity index (χ3n) is 1.85. The lowest BCUT2D eigenvalue weighted by Crippen LogP contribution is -2.39. The summed E-state index contributed by atoms with van der Waals surface area (Å²) in [4.78, 5) is 0. The molecule has 0 aromatic carbocycles. The van der Waals surface area contributed by atoms with Crippen LogP contribution in [0.4, 0.5) is 0 Å². The first-order chi connectivity index (χ1) is 7.97. The van der Waals surface area contributed by atoms with Crippen LogP contribution >= 0.6 is 0 Å². The molecule has 3 rings (SSSR count). The summed E-state index contributed by atoms with van der Waals surface area (Å²) >= 11 is 0. The van der Waals surface area contributed by atoms with E-state index in [0.29, 0.717) is 5.95 Å². The highest BCUT2D eigenvalue weighted by atomic mass is 15.6. The minimum Gasteiger partial charge on any atom is -0.314 e. The van der Waals surface area contributed by atoms with E-state index in [1.807, 2.05) is 0 Å². The average Bonchev–Trinajstić information content (AvgIpc) is 3.05. The number of tetrazole rings is 2. The van der Waals surface area contributed by atoms with E-state index in [0.717, 1.165) is 26.2 Å². The summed E-state index contributed by atoms with van der Waals surface area (Å²) in [7, 11) is 0. The molecule has 0 radical (unpaired) electrons. The molecule has 1 aliphatic rings. The number of nitrogens with one attached hydrogen (secondary N) is 3. The number of rotatable bonds is 1. The van der Waals surface area contributed by atoms with Crippen molar-refractivity contribution in [2.45, 2.75) is 0 Å². The zero-order valence-corrected chi connectivity index (χ0v) is 8.54. The molecule has 0 unspecified atom stereocenters. The van der Waals surface area contributed by atoms with Gasteiger partial charge >= 0.3 is 0 Å². The number of nitrogens with zero attached hydrogens (tertiary/aromatic N) is 7. The van der Waals surface area contributed by atoms with Crippen LogP contribution in [-0.4, -0.2) is 67.0 Å². The van der Waals surface area contributed by atoms with Crippen molar-refractivity contribution in [3.8, 4) is 5.95 Å². The minimum absolute atomic E-state index is 0.324. The Kier molecular flexibility index (Phi) is 3.85. The molecule has 86 valence electrons. The molecule has 1 aliphatic heterocycles. The second kappa shape index (κ2) is 5.82. The molecule has 3 heterocycles. The zero-order chi connectivity index (χ0) is 11.1. The Balaban J connectivity index is 0.000000138. The predicted octanol–water partition coefficient (Wildman–Crippen LogP) is -2.65. The molecule has 2 aromatic heterocycles. The topological polar surface area (TPSA) is 122 Å². The largest absolute Gasteiger partial charge is 0.314 e. The molecule has 10 heteroatoms. The molecule has 0 bridgehead atoms. The summed E-state index contributed by atoms with van der Waals surface area (Å²) in [5.41, 5.74) is 0. The Morgan fingerprint density at radius 3 is 2.31 bits per heavy atom. The van der Waals surface area contributed by atoms with Crippen molar-refractivity contribution in [3.05, 3.63) is 6.33 Å². The van der Waals surface area contributed by atoms with E-state index in [2.05, 4.69) is 46.8 Å². The maximum absolute atomic E-state index is 3.63. The highest BCUT2D eigenvalue weighted by Gasteiger charge is 1.99. The monoisotopic (exact) mass is 224 g/mol. The smallest absolute Gasteiger partial charge is 0.293 e. The van der Waals surface area contributed by atoms with E-state index < -0.39 is 0 Å². The van der Waals surface area contributed by atoms with Crippen molar-refractivity contribution in [3.63, 3.8) is 0 Å². The average molecular weight is 224 g/mol. The molecular weight excluding hydrogens is 212 g/mol. The predicted molar refractivity (Wildman–Crippen MR) is 52.6 cm³/mol. The molecule has 1 saturated heterocycles. The number of H-pyrrole nitrogens is 1. The van der Waals surface area contributed by atoms with Crippen LogP contribution in [0, 0.1) is 0 Å². The summed E-state index contributed by atoms with van der Waals surface area (Å²) < 4.78 is 1.30. The maximum atomic E-state index is 3.63. The minimum atomic E-state index is 0.324. The lowest BCUT2D eigenvalue weighted by atomic mass is 10.4. The third-order valence-corrected chi connectivity index (χ3v) is 1.85. The van der Waals surface area contributed by atoms with Gasteiger partial charge in [-0.15, -0.1) is 10.2 Å². The van der Waals surface area contributed by atoms with Gasteiger partial charge in [0.15, 0.2) is 0 Å². The van der Waals surface area contributed by atoms with Crippen molar-refractivity contribution in [2.24, 2.45) is 0 Å². The Morgan fingerprint density at radius 1 is 1.12 bits per heavy atom. The number of piperazine rings is 1. The normalized spacial score (nSPS) is 15.2. The summed E-state index contributed by atoms with van der Waals surface area (Å²) in [5, 5.41) is 29.6. The van der Waals surface area contributed by atoms with E-state index in [-0.39, 0.29) is 0 Å². The summed E-state index contributed by atoms with van der Waals surface area (Å²) in [6.07, 6.45) is 1.38. The van der Waals surface area contributed by atoms with Gasteiger partial charge in [-0.1, -0.05) is 5.10 Å². The fourth-order valence-corrected chi connectivity index (χ4v) is 1.11. The number of hydrogen-bond acceptors (Lipinski definition) is 8. The molecule has 0 aliphatic carbocycles. The van der Waals surface area contributed by atoms with Crippen LogP contribution in [0.25, 0.3) is 5.95 Å². The lowest BCUT2D eigenvalue weighted by molar-refractivity contribution is 0.534. The Morgan fingerprint density at radius 2 is 1.88 bits per heavy atom. The van der Waals surface area contributed by atoms with Gasteiger partial charge in [-0.2, -0.15) is 9.90 Å². The van der Waals surface area contributed by atoms with Crippen molar-refractivity contribution in [2.75, 3.05) is 26.2 Å². The van der Waals surface area contributed by atoms with Gasteiger partial charge in [-0.25, -0.2) is 0 Å². The quantitative estimate of drug-likeness (QED) is 0.480. The van der Waals surface area contributed by atoms with Crippen LogP contribution in [0.5, 0.6) is 0 Å². The van der Waals surface area contributed by atoms with Gasteiger partial charge < -0.3 is 10.6 Å². The van der Waals surface area contributed by atoms with Gasteiger partial charge in [0.1, 0.15) is 6.33 Å². The van der Waals surface area contributed by atoms with E-state index in [1.54, 1.807) is 0 Å². The third kappa shape index (κ3) is 3.03. The standard InChI is InChI=1S/C4H10N2.C2H2N8/c1-2-6-4-3-5-1;1-3-6-9-10(1)2-4-7-8-5-2/h5-6H,1-4H2;1H,(H,4,5,7,8). The number of hydrogen-bond donors (Lipinski definition) is 3. The SMILES string of the molecule is C1CNCCN1.c1nnnn1-c1nn[nH]n1. The molecule has 10 nitrogen and oxygen atoms in total. The van der Waals surface area contributed by atoms with Crippen molar-refractivity contribution >= 4 is 0 Å². The van der Waals surface area contributed by atoms with Crippen molar-refractivity contribution in [1.82, 2.24) is 51.5 Å². The molecule has 0 atom stereocenters. The zero-order valence-electron chi connectivity index (χ0n) is 8.54. The number of aromatic nitrogens is 8. The molecule has 0 amide bonds.